The van der Waals surface area contributed by atoms with Gasteiger partial charge in [0.05, 0.1) is 16.1 Å². The van der Waals surface area contributed by atoms with Crippen LogP contribution in [0.3, 0.4) is 0 Å². The molecule has 0 unspecified atom stereocenters. The molecule has 0 aliphatic rings. The van der Waals surface area contributed by atoms with Crippen molar-refractivity contribution < 1.29 is 19.2 Å². The SMILES string of the molecule is O=C(OCc1ccccc1[N+](=O)[O-])c1ccc(OCc2ccccc2)cc1. The number of rotatable bonds is 7. The molecule has 0 aliphatic carbocycles. The van der Waals surface area contributed by atoms with Crippen molar-refractivity contribution in [1.29, 1.82) is 0 Å². The Balaban J connectivity index is 1.57. The summed E-state index contributed by atoms with van der Waals surface area (Å²) in [5.74, 6) is 0.0804. The van der Waals surface area contributed by atoms with Gasteiger partial charge in [0.25, 0.3) is 5.69 Å². The summed E-state index contributed by atoms with van der Waals surface area (Å²) in [4.78, 5) is 22.6. The summed E-state index contributed by atoms with van der Waals surface area (Å²) < 4.78 is 10.9. The lowest BCUT2D eigenvalue weighted by molar-refractivity contribution is -0.385. The molecule has 0 bridgehead atoms. The average Bonchev–Trinajstić information content (AvgIpc) is 2.71. The molecule has 0 saturated carbocycles. The van der Waals surface area contributed by atoms with E-state index < -0.39 is 10.9 Å². The quantitative estimate of drug-likeness (QED) is 0.350. The highest BCUT2D eigenvalue weighted by Gasteiger charge is 2.15. The van der Waals surface area contributed by atoms with Gasteiger partial charge in [-0.3, -0.25) is 10.1 Å². The van der Waals surface area contributed by atoms with Gasteiger partial charge in [-0.25, -0.2) is 4.79 Å². The third-order valence-electron chi connectivity index (χ3n) is 3.89. The van der Waals surface area contributed by atoms with E-state index in [2.05, 4.69) is 0 Å². The lowest BCUT2D eigenvalue weighted by atomic mass is 10.2. The molecule has 0 aliphatic heterocycles. The number of nitro groups is 1. The monoisotopic (exact) mass is 363 g/mol. The molecule has 0 N–H and O–H groups in total. The van der Waals surface area contributed by atoms with Crippen LogP contribution in [-0.4, -0.2) is 10.9 Å². The lowest BCUT2D eigenvalue weighted by Gasteiger charge is -2.08. The Labute approximate surface area is 156 Å². The summed E-state index contributed by atoms with van der Waals surface area (Å²) in [6.07, 6.45) is 0. The molecule has 0 spiro atoms. The van der Waals surface area contributed by atoms with Crippen LogP contribution in [0.4, 0.5) is 5.69 Å². The molecule has 6 heteroatoms. The van der Waals surface area contributed by atoms with Crippen molar-refractivity contribution in [2.45, 2.75) is 13.2 Å². The number of benzene rings is 3. The van der Waals surface area contributed by atoms with E-state index in [1.165, 1.54) is 6.07 Å². The molecule has 0 radical (unpaired) electrons. The second-order valence-corrected chi connectivity index (χ2v) is 5.76. The second kappa shape index (κ2) is 8.62. The zero-order chi connectivity index (χ0) is 19.1. The molecule has 0 fully saturated rings. The fourth-order valence-electron chi connectivity index (χ4n) is 2.47. The molecule has 3 aromatic carbocycles. The second-order valence-electron chi connectivity index (χ2n) is 5.76. The number of ether oxygens (including phenoxy) is 2. The molecule has 3 aromatic rings. The highest BCUT2D eigenvalue weighted by molar-refractivity contribution is 5.89. The Kier molecular flexibility index (Phi) is 5.79. The zero-order valence-corrected chi connectivity index (χ0v) is 14.4. The molecule has 0 saturated heterocycles. The summed E-state index contributed by atoms with van der Waals surface area (Å²) in [5.41, 5.74) is 1.67. The first kappa shape index (κ1) is 18.1. The third-order valence-corrected chi connectivity index (χ3v) is 3.89. The van der Waals surface area contributed by atoms with Crippen LogP contribution in [0.15, 0.2) is 78.9 Å². The first-order chi connectivity index (χ1) is 13.1. The summed E-state index contributed by atoms with van der Waals surface area (Å²) in [7, 11) is 0. The van der Waals surface area contributed by atoms with Crippen molar-refractivity contribution in [3.63, 3.8) is 0 Å². The number of hydrogen-bond acceptors (Lipinski definition) is 5. The largest absolute Gasteiger partial charge is 0.489 e. The van der Waals surface area contributed by atoms with Crippen LogP contribution in [0, 0.1) is 10.1 Å². The van der Waals surface area contributed by atoms with E-state index in [1.54, 1.807) is 42.5 Å². The minimum absolute atomic E-state index is 0.0741. The lowest BCUT2D eigenvalue weighted by Crippen LogP contribution is -2.06. The van der Waals surface area contributed by atoms with Gasteiger partial charge in [0.15, 0.2) is 0 Å². The molecular formula is C21H17NO5. The Morgan fingerprint density at radius 3 is 2.22 bits per heavy atom. The topological polar surface area (TPSA) is 78.7 Å². The molecule has 0 amide bonds. The summed E-state index contributed by atoms with van der Waals surface area (Å²) >= 11 is 0. The van der Waals surface area contributed by atoms with Crippen LogP contribution < -0.4 is 4.74 Å². The van der Waals surface area contributed by atoms with Gasteiger partial charge in [-0.05, 0) is 35.9 Å². The van der Waals surface area contributed by atoms with E-state index in [-0.39, 0.29) is 12.3 Å². The Hall–Kier alpha value is -3.67. The number of esters is 1. The zero-order valence-electron chi connectivity index (χ0n) is 14.4. The third kappa shape index (κ3) is 4.92. The molecule has 136 valence electrons. The van der Waals surface area contributed by atoms with Crippen LogP contribution in [0.25, 0.3) is 0 Å². The van der Waals surface area contributed by atoms with E-state index in [0.717, 1.165) is 5.56 Å². The number of para-hydroxylation sites is 1. The smallest absolute Gasteiger partial charge is 0.338 e. The van der Waals surface area contributed by atoms with Gasteiger partial charge < -0.3 is 9.47 Å². The normalized spacial score (nSPS) is 10.2. The highest BCUT2D eigenvalue weighted by atomic mass is 16.6. The minimum Gasteiger partial charge on any atom is -0.489 e. The molecule has 0 heterocycles. The first-order valence-electron chi connectivity index (χ1n) is 8.29. The summed E-state index contributed by atoms with van der Waals surface area (Å²) in [5, 5.41) is 11.0. The van der Waals surface area contributed by atoms with Gasteiger partial charge in [-0.2, -0.15) is 0 Å². The molecule has 0 aromatic heterocycles. The van der Waals surface area contributed by atoms with E-state index in [1.807, 2.05) is 30.3 Å². The summed E-state index contributed by atoms with van der Waals surface area (Å²) in [6.45, 7) is 0.268. The number of carbonyl (C=O) groups excluding carboxylic acids is 1. The van der Waals surface area contributed by atoms with Crippen molar-refractivity contribution in [1.82, 2.24) is 0 Å². The van der Waals surface area contributed by atoms with Gasteiger partial charge in [-0.15, -0.1) is 0 Å². The molecule has 0 atom stereocenters. The average molecular weight is 363 g/mol. The van der Waals surface area contributed by atoms with E-state index >= 15 is 0 Å². The number of nitrogens with zero attached hydrogens (tertiary/aromatic N) is 1. The number of hydrogen-bond donors (Lipinski definition) is 0. The predicted molar refractivity (Wildman–Crippen MR) is 99.4 cm³/mol. The minimum atomic E-state index is -0.553. The number of carbonyl (C=O) groups is 1. The molecule has 3 rings (SSSR count). The van der Waals surface area contributed by atoms with Crippen LogP contribution in [0.1, 0.15) is 21.5 Å². The highest BCUT2D eigenvalue weighted by Crippen LogP contribution is 2.20. The Bertz CT molecular complexity index is 923. The van der Waals surface area contributed by atoms with Crippen molar-refractivity contribution in [3.05, 3.63) is 106 Å². The van der Waals surface area contributed by atoms with Crippen molar-refractivity contribution >= 4 is 11.7 Å². The van der Waals surface area contributed by atoms with E-state index in [4.69, 9.17) is 9.47 Å². The van der Waals surface area contributed by atoms with Gasteiger partial charge in [-0.1, -0.05) is 42.5 Å². The predicted octanol–water partition coefficient (Wildman–Crippen LogP) is 4.53. The molecule has 27 heavy (non-hydrogen) atoms. The van der Waals surface area contributed by atoms with Gasteiger partial charge in [0, 0.05) is 6.07 Å². The first-order valence-corrected chi connectivity index (χ1v) is 8.29. The van der Waals surface area contributed by atoms with Crippen LogP contribution in [0.5, 0.6) is 5.75 Å². The number of nitro benzene ring substituents is 1. The van der Waals surface area contributed by atoms with Gasteiger partial charge in [0.1, 0.15) is 19.0 Å². The Morgan fingerprint density at radius 2 is 1.52 bits per heavy atom. The van der Waals surface area contributed by atoms with Crippen molar-refractivity contribution in [2.75, 3.05) is 0 Å². The standard InChI is InChI=1S/C21H17NO5/c23-21(27-15-18-8-4-5-9-20(18)22(24)25)17-10-12-19(13-11-17)26-14-16-6-2-1-3-7-16/h1-13H,14-15H2. The van der Waals surface area contributed by atoms with Gasteiger partial charge in [0.2, 0.25) is 0 Å². The van der Waals surface area contributed by atoms with Crippen molar-refractivity contribution in [3.8, 4) is 5.75 Å². The Morgan fingerprint density at radius 1 is 0.852 bits per heavy atom. The fourth-order valence-corrected chi connectivity index (χ4v) is 2.47. The maximum absolute atomic E-state index is 12.2. The fraction of sp³-hybridized carbons (Fsp3) is 0.0952. The van der Waals surface area contributed by atoms with E-state index in [9.17, 15) is 14.9 Å². The molecular weight excluding hydrogens is 346 g/mol. The van der Waals surface area contributed by atoms with E-state index in [0.29, 0.717) is 23.5 Å². The van der Waals surface area contributed by atoms with Crippen molar-refractivity contribution in [2.24, 2.45) is 0 Å². The van der Waals surface area contributed by atoms with Crippen LogP contribution >= 0.6 is 0 Å². The maximum atomic E-state index is 12.2. The molecule has 6 nitrogen and oxygen atoms in total. The maximum Gasteiger partial charge on any atom is 0.338 e. The summed E-state index contributed by atoms with van der Waals surface area (Å²) in [6, 6.07) is 22.5. The van der Waals surface area contributed by atoms with Crippen LogP contribution in [0.2, 0.25) is 0 Å². The van der Waals surface area contributed by atoms with Gasteiger partial charge >= 0.3 is 5.97 Å². The van der Waals surface area contributed by atoms with Crippen LogP contribution in [-0.2, 0) is 18.0 Å².